The Bertz CT molecular complexity index is 1450. The van der Waals surface area contributed by atoms with Crippen molar-refractivity contribution in [3.05, 3.63) is 95.1 Å². The van der Waals surface area contributed by atoms with Gasteiger partial charge >= 0.3 is 0 Å². The van der Waals surface area contributed by atoms with Gasteiger partial charge in [0.25, 0.3) is 10.0 Å². The van der Waals surface area contributed by atoms with Gasteiger partial charge in [-0.1, -0.05) is 79.4 Å². The smallest absolute Gasteiger partial charge is 0.264 e. The van der Waals surface area contributed by atoms with E-state index in [4.69, 9.17) is 0 Å². The Morgan fingerprint density at radius 1 is 0.878 bits per heavy atom. The fraction of sp³-hybridized carbons (Fsp3) is 0.394. The highest BCUT2D eigenvalue weighted by Crippen LogP contribution is 2.28. The Labute approximate surface area is 244 Å². The molecule has 3 aromatic rings. The lowest BCUT2D eigenvalue weighted by atomic mass is 9.95. The molecular weight excluding hydrogens is 534 g/mol. The third-order valence-electron chi connectivity index (χ3n) is 7.84. The number of hydrogen-bond donors (Lipinski definition) is 1. The Kier molecular flexibility index (Phi) is 9.86. The third kappa shape index (κ3) is 7.55. The normalized spacial score (nSPS) is 14.7. The maximum Gasteiger partial charge on any atom is 0.264 e. The Balaban J connectivity index is 1.69. The second kappa shape index (κ2) is 13.3. The molecule has 0 aromatic heterocycles. The van der Waals surface area contributed by atoms with E-state index in [1.807, 2.05) is 57.2 Å². The average Bonchev–Trinajstić information content (AvgIpc) is 2.97. The highest BCUT2D eigenvalue weighted by molar-refractivity contribution is 7.92. The van der Waals surface area contributed by atoms with E-state index in [0.717, 1.165) is 47.9 Å². The number of rotatable bonds is 10. The number of amides is 2. The standard InChI is InChI=1S/C33H41N3O4S/c1-24-16-19-28(20-17-24)22-35(27(4)33(38)34-29-11-7-5-8-12-29)32(37)23-36(31-21-25(2)15-18-26(31)3)41(39,40)30-13-9-6-10-14-30/h6,9-10,13-21,27,29H,5,7-8,11-12,22-23H2,1-4H3,(H,34,38)/t27-/m0/s1. The van der Waals surface area contributed by atoms with Crippen molar-refractivity contribution in [1.82, 2.24) is 10.2 Å². The van der Waals surface area contributed by atoms with Crippen molar-refractivity contribution in [2.24, 2.45) is 0 Å². The van der Waals surface area contributed by atoms with Gasteiger partial charge in [-0.25, -0.2) is 8.42 Å². The summed E-state index contributed by atoms with van der Waals surface area (Å²) in [5, 5.41) is 3.14. The number of aryl methyl sites for hydroxylation is 3. The molecule has 1 fully saturated rings. The molecule has 3 aromatic carbocycles. The monoisotopic (exact) mass is 575 g/mol. The van der Waals surface area contributed by atoms with E-state index in [-0.39, 0.29) is 23.4 Å². The number of nitrogens with zero attached hydrogens (tertiary/aromatic N) is 2. The number of sulfonamides is 1. The zero-order valence-electron chi connectivity index (χ0n) is 24.5. The van der Waals surface area contributed by atoms with Gasteiger partial charge in [0, 0.05) is 12.6 Å². The molecule has 0 bridgehead atoms. The predicted octanol–water partition coefficient (Wildman–Crippen LogP) is 5.67. The molecule has 7 nitrogen and oxygen atoms in total. The highest BCUT2D eigenvalue weighted by Gasteiger charge is 2.33. The molecule has 4 rings (SSSR count). The van der Waals surface area contributed by atoms with E-state index in [2.05, 4.69) is 5.32 Å². The summed E-state index contributed by atoms with van der Waals surface area (Å²) in [6, 6.07) is 20.8. The molecule has 8 heteroatoms. The third-order valence-corrected chi connectivity index (χ3v) is 9.61. The first-order chi connectivity index (χ1) is 19.6. The Morgan fingerprint density at radius 2 is 1.51 bits per heavy atom. The lowest BCUT2D eigenvalue weighted by Gasteiger charge is -2.33. The minimum absolute atomic E-state index is 0.0972. The topological polar surface area (TPSA) is 86.8 Å². The van der Waals surface area contributed by atoms with Gasteiger partial charge in [-0.15, -0.1) is 0 Å². The summed E-state index contributed by atoms with van der Waals surface area (Å²) >= 11 is 0. The summed E-state index contributed by atoms with van der Waals surface area (Å²) in [7, 11) is -4.08. The Morgan fingerprint density at radius 3 is 2.17 bits per heavy atom. The van der Waals surface area contributed by atoms with Crippen LogP contribution in [0.3, 0.4) is 0 Å². The minimum atomic E-state index is -4.08. The molecule has 0 heterocycles. The molecule has 0 spiro atoms. The van der Waals surface area contributed by atoms with E-state index in [1.165, 1.54) is 27.8 Å². The van der Waals surface area contributed by atoms with Crippen LogP contribution in [0.4, 0.5) is 5.69 Å². The summed E-state index contributed by atoms with van der Waals surface area (Å²) in [5.41, 5.74) is 4.01. The number of benzene rings is 3. The summed E-state index contributed by atoms with van der Waals surface area (Å²) in [6.07, 6.45) is 5.19. The molecule has 0 radical (unpaired) electrons. The molecule has 0 saturated heterocycles. The van der Waals surface area contributed by atoms with Crippen LogP contribution in [-0.2, 0) is 26.2 Å². The number of carbonyl (C=O) groups excluding carboxylic acids is 2. The van der Waals surface area contributed by atoms with Gasteiger partial charge in [0.2, 0.25) is 11.8 Å². The van der Waals surface area contributed by atoms with Gasteiger partial charge in [0.15, 0.2) is 0 Å². The first-order valence-electron chi connectivity index (χ1n) is 14.4. The quantitative estimate of drug-likeness (QED) is 0.337. The van der Waals surface area contributed by atoms with Crippen LogP contribution in [0.1, 0.15) is 61.3 Å². The summed E-state index contributed by atoms with van der Waals surface area (Å²) < 4.78 is 29.2. The van der Waals surface area contributed by atoms with Crippen molar-refractivity contribution in [2.75, 3.05) is 10.8 Å². The van der Waals surface area contributed by atoms with Crippen LogP contribution in [0.2, 0.25) is 0 Å². The van der Waals surface area contributed by atoms with Crippen LogP contribution in [0.15, 0.2) is 77.7 Å². The maximum atomic E-state index is 14.2. The molecule has 1 atom stereocenters. The summed E-state index contributed by atoms with van der Waals surface area (Å²) in [4.78, 5) is 29.2. The van der Waals surface area contributed by atoms with Gasteiger partial charge in [-0.05, 0) is 75.4 Å². The van der Waals surface area contributed by atoms with Crippen LogP contribution in [-0.4, -0.2) is 43.8 Å². The lowest BCUT2D eigenvalue weighted by Crippen LogP contribution is -2.53. The second-order valence-corrected chi connectivity index (χ2v) is 13.0. The SMILES string of the molecule is Cc1ccc(CN(C(=O)CN(c2cc(C)ccc2C)S(=O)(=O)c2ccccc2)[C@@H](C)C(=O)NC2CCCCC2)cc1. The molecule has 41 heavy (non-hydrogen) atoms. The maximum absolute atomic E-state index is 14.2. The lowest BCUT2D eigenvalue weighted by molar-refractivity contribution is -0.139. The van der Waals surface area contributed by atoms with Crippen LogP contribution < -0.4 is 9.62 Å². The van der Waals surface area contributed by atoms with E-state index < -0.39 is 28.5 Å². The fourth-order valence-corrected chi connectivity index (χ4v) is 6.75. The number of hydrogen-bond acceptors (Lipinski definition) is 4. The first-order valence-corrected chi connectivity index (χ1v) is 15.8. The molecule has 1 saturated carbocycles. The number of anilines is 1. The van der Waals surface area contributed by atoms with Gasteiger partial charge in [-0.3, -0.25) is 13.9 Å². The molecule has 0 aliphatic heterocycles. The van der Waals surface area contributed by atoms with Gasteiger partial charge in [-0.2, -0.15) is 0 Å². The van der Waals surface area contributed by atoms with E-state index in [0.29, 0.717) is 5.69 Å². The fourth-order valence-electron chi connectivity index (χ4n) is 5.26. The van der Waals surface area contributed by atoms with Crippen LogP contribution in [0.5, 0.6) is 0 Å². The van der Waals surface area contributed by atoms with Crippen molar-refractivity contribution in [3.8, 4) is 0 Å². The van der Waals surface area contributed by atoms with Crippen LogP contribution in [0.25, 0.3) is 0 Å². The molecule has 1 aliphatic rings. The van der Waals surface area contributed by atoms with Crippen LogP contribution >= 0.6 is 0 Å². The number of nitrogens with one attached hydrogen (secondary N) is 1. The van der Waals surface area contributed by atoms with Gasteiger partial charge < -0.3 is 10.2 Å². The van der Waals surface area contributed by atoms with E-state index >= 15 is 0 Å². The Hall–Kier alpha value is -3.65. The summed E-state index contributed by atoms with van der Waals surface area (Å²) in [5.74, 6) is -0.668. The molecule has 1 N–H and O–H groups in total. The van der Waals surface area contributed by atoms with Crippen molar-refractivity contribution < 1.29 is 18.0 Å². The van der Waals surface area contributed by atoms with Crippen molar-refractivity contribution in [1.29, 1.82) is 0 Å². The summed E-state index contributed by atoms with van der Waals surface area (Å²) in [6.45, 7) is 7.18. The molecule has 218 valence electrons. The highest BCUT2D eigenvalue weighted by atomic mass is 32.2. The first kappa shape index (κ1) is 30.3. The molecular formula is C33H41N3O4S. The van der Waals surface area contributed by atoms with Gasteiger partial charge in [0.05, 0.1) is 10.6 Å². The molecule has 2 amide bonds. The van der Waals surface area contributed by atoms with Crippen molar-refractivity contribution >= 4 is 27.5 Å². The van der Waals surface area contributed by atoms with Gasteiger partial charge in [0.1, 0.15) is 12.6 Å². The predicted molar refractivity (Wildman–Crippen MR) is 163 cm³/mol. The molecule has 0 unspecified atom stereocenters. The van der Waals surface area contributed by atoms with Crippen molar-refractivity contribution in [2.45, 2.75) is 83.3 Å². The second-order valence-electron chi connectivity index (χ2n) is 11.1. The minimum Gasteiger partial charge on any atom is -0.352 e. The molecule has 1 aliphatic carbocycles. The zero-order chi connectivity index (χ0) is 29.6. The van der Waals surface area contributed by atoms with E-state index in [1.54, 1.807) is 31.2 Å². The largest absolute Gasteiger partial charge is 0.352 e. The number of carbonyl (C=O) groups is 2. The van der Waals surface area contributed by atoms with Crippen molar-refractivity contribution in [3.63, 3.8) is 0 Å². The van der Waals surface area contributed by atoms with Crippen LogP contribution in [0, 0.1) is 20.8 Å². The average molecular weight is 576 g/mol. The van der Waals surface area contributed by atoms with E-state index in [9.17, 15) is 18.0 Å². The zero-order valence-corrected chi connectivity index (χ0v) is 25.3.